The van der Waals surface area contributed by atoms with Gasteiger partial charge in [0.2, 0.25) is 0 Å². The van der Waals surface area contributed by atoms with Gasteiger partial charge >= 0.3 is 95.2 Å². The number of rotatable bonds is 4. The van der Waals surface area contributed by atoms with Crippen molar-refractivity contribution in [3.8, 4) is 0 Å². The average Bonchev–Trinajstić information content (AvgIpc) is 2.26. The molecule has 0 heterocycles. The molecule has 0 saturated heterocycles. The first-order chi connectivity index (χ1) is 6.79. The molecule has 1 rings (SSSR count). The first-order valence-corrected chi connectivity index (χ1v) is 5.99. The summed E-state index contributed by atoms with van der Waals surface area (Å²) in [7, 11) is 0. The molecule has 0 aliphatic heterocycles. The van der Waals surface area contributed by atoms with Crippen LogP contribution in [0.15, 0.2) is 54.6 Å². The van der Waals surface area contributed by atoms with E-state index in [-0.39, 0.29) is 0 Å². The first kappa shape index (κ1) is 11.3. The Labute approximate surface area is 95.2 Å². The van der Waals surface area contributed by atoms with E-state index in [0.29, 0.717) is 0 Å². The van der Waals surface area contributed by atoms with E-state index in [1.165, 1.54) is 19.4 Å². The third-order valence-corrected chi connectivity index (χ3v) is 2.86. The zero-order valence-electron chi connectivity index (χ0n) is 7.76. The van der Waals surface area contributed by atoms with Gasteiger partial charge < -0.3 is 0 Å². The Morgan fingerprint density at radius 1 is 1.36 bits per heavy atom. The number of aliphatic hydroxyl groups is 1. The van der Waals surface area contributed by atoms with Crippen molar-refractivity contribution in [1.29, 1.82) is 0 Å². The second-order valence-electron chi connectivity index (χ2n) is 2.83. The molecule has 1 unspecified atom stereocenters. The van der Waals surface area contributed by atoms with Crippen molar-refractivity contribution < 1.29 is 24.5 Å². The molecule has 2 heteroatoms. The molecule has 1 nitrogen and oxygen atoms in total. The van der Waals surface area contributed by atoms with Crippen LogP contribution in [-0.4, -0.2) is 9.51 Å². The van der Waals surface area contributed by atoms with Gasteiger partial charge in [-0.2, -0.15) is 0 Å². The van der Waals surface area contributed by atoms with Crippen LogP contribution in [0.25, 0.3) is 0 Å². The van der Waals surface area contributed by atoms with Crippen LogP contribution in [0.1, 0.15) is 11.7 Å². The van der Waals surface area contributed by atoms with Crippen LogP contribution >= 0.6 is 0 Å². The third kappa shape index (κ3) is 2.87. The van der Waals surface area contributed by atoms with E-state index < -0.39 is 6.10 Å². The maximum atomic E-state index is 9.98. The van der Waals surface area contributed by atoms with Crippen molar-refractivity contribution in [2.45, 2.75) is 6.10 Å². The van der Waals surface area contributed by atoms with Gasteiger partial charge in [0.1, 0.15) is 0 Å². The summed E-state index contributed by atoms with van der Waals surface area (Å²) in [6.07, 6.45) is 3.00. The van der Waals surface area contributed by atoms with Gasteiger partial charge in [0.05, 0.1) is 0 Å². The molecule has 1 aromatic rings. The predicted molar refractivity (Wildman–Crippen MR) is 55.7 cm³/mol. The van der Waals surface area contributed by atoms with Crippen molar-refractivity contribution in [2.75, 3.05) is 0 Å². The Morgan fingerprint density at radius 2 is 2.00 bits per heavy atom. The topological polar surface area (TPSA) is 20.2 Å². The molecular formula is C12H12OW. The molecule has 72 valence electrons. The Morgan fingerprint density at radius 3 is 2.50 bits per heavy atom. The molecule has 14 heavy (non-hydrogen) atoms. The summed E-state index contributed by atoms with van der Waals surface area (Å²) in [6.45, 7) is 3.63. The van der Waals surface area contributed by atoms with Crippen molar-refractivity contribution in [2.24, 2.45) is 0 Å². The Hall–Kier alpha value is -0.782. The Balaban J connectivity index is 2.94. The molecule has 1 atom stereocenters. The summed E-state index contributed by atoms with van der Waals surface area (Å²) in [6, 6.07) is 9.62. The molecule has 0 fully saturated rings. The molecular weight excluding hydrogens is 344 g/mol. The van der Waals surface area contributed by atoms with Crippen LogP contribution in [0, 0.1) is 0 Å². The van der Waals surface area contributed by atoms with Crippen molar-refractivity contribution >= 4 is 4.40 Å². The minimum absolute atomic E-state index is 0.535. The molecule has 0 aromatic heterocycles. The molecule has 0 saturated carbocycles. The zero-order valence-corrected chi connectivity index (χ0v) is 10.7. The van der Waals surface area contributed by atoms with Gasteiger partial charge in [-0.05, 0) is 0 Å². The second-order valence-corrected chi connectivity index (χ2v) is 3.68. The van der Waals surface area contributed by atoms with Gasteiger partial charge in [-0.3, -0.25) is 0 Å². The second kappa shape index (κ2) is 5.85. The number of allylic oxidation sites excluding steroid dienone is 2. The number of hydrogen-bond donors (Lipinski definition) is 1. The SMILES string of the molecule is C=C/C=C(\[CH]=[W])C(O)c1ccccc1. The first-order valence-electron chi connectivity index (χ1n) is 4.30. The van der Waals surface area contributed by atoms with E-state index in [1.807, 2.05) is 40.8 Å². The predicted octanol–water partition coefficient (Wildman–Crippen LogP) is 2.18. The number of benzene rings is 1. The fraction of sp³-hybridized carbons (Fsp3) is 0.0833. The van der Waals surface area contributed by atoms with Crippen LogP contribution in [0.3, 0.4) is 0 Å². The number of hydrogen-bond acceptors (Lipinski definition) is 1. The third-order valence-electron chi connectivity index (χ3n) is 1.88. The van der Waals surface area contributed by atoms with Gasteiger partial charge in [-0.25, -0.2) is 0 Å². The van der Waals surface area contributed by atoms with Crippen LogP contribution in [-0.2, 0) is 19.4 Å². The molecule has 0 aliphatic rings. The minimum atomic E-state index is -0.535. The van der Waals surface area contributed by atoms with Gasteiger partial charge in [-0.1, -0.05) is 0 Å². The summed E-state index contributed by atoms with van der Waals surface area (Å²) in [4.78, 5) is 0. The molecule has 0 amide bonds. The summed E-state index contributed by atoms with van der Waals surface area (Å²) < 4.78 is 1.97. The zero-order chi connectivity index (χ0) is 10.4. The van der Waals surface area contributed by atoms with E-state index in [0.717, 1.165) is 11.1 Å². The molecule has 1 N–H and O–H groups in total. The van der Waals surface area contributed by atoms with Gasteiger partial charge in [0.15, 0.2) is 0 Å². The fourth-order valence-corrected chi connectivity index (χ4v) is 1.90. The van der Waals surface area contributed by atoms with Crippen LogP contribution in [0.2, 0.25) is 0 Å². The summed E-state index contributed by atoms with van der Waals surface area (Å²) in [5.74, 6) is 0. The van der Waals surface area contributed by atoms with Crippen LogP contribution in [0.5, 0.6) is 0 Å². The number of aliphatic hydroxyl groups excluding tert-OH is 1. The normalized spacial score (nSPS) is 13.4. The van der Waals surface area contributed by atoms with Gasteiger partial charge in [-0.15, -0.1) is 0 Å². The Kier molecular flexibility index (Phi) is 4.72. The average molecular weight is 356 g/mol. The van der Waals surface area contributed by atoms with E-state index >= 15 is 0 Å². The Bertz CT molecular complexity index is 341. The monoisotopic (exact) mass is 356 g/mol. The standard InChI is InChI=1S/C12H12O.W/c1-3-7-10(2)12(13)11-8-5-4-6-9-11;/h2-9,12-13H,1H2;/b10-7+;. The van der Waals surface area contributed by atoms with E-state index in [4.69, 9.17) is 0 Å². The summed E-state index contributed by atoms with van der Waals surface area (Å²) in [5.41, 5.74) is 1.82. The van der Waals surface area contributed by atoms with Crippen LogP contribution in [0.4, 0.5) is 0 Å². The van der Waals surface area contributed by atoms with Crippen molar-refractivity contribution in [3.63, 3.8) is 0 Å². The summed E-state index contributed by atoms with van der Waals surface area (Å²) >= 11 is 1.32. The van der Waals surface area contributed by atoms with Gasteiger partial charge in [0.25, 0.3) is 0 Å². The molecule has 1 aromatic carbocycles. The van der Waals surface area contributed by atoms with E-state index in [1.54, 1.807) is 6.08 Å². The molecule has 0 aliphatic carbocycles. The van der Waals surface area contributed by atoms with Gasteiger partial charge in [0, 0.05) is 0 Å². The summed E-state index contributed by atoms with van der Waals surface area (Å²) in [5, 5.41) is 9.98. The quantitative estimate of drug-likeness (QED) is 0.821. The van der Waals surface area contributed by atoms with E-state index in [9.17, 15) is 5.11 Å². The maximum absolute atomic E-state index is 9.98. The molecule has 0 spiro atoms. The van der Waals surface area contributed by atoms with E-state index in [2.05, 4.69) is 6.58 Å². The molecule has 0 radical (unpaired) electrons. The van der Waals surface area contributed by atoms with Crippen molar-refractivity contribution in [3.05, 3.63) is 60.2 Å². The fourth-order valence-electron chi connectivity index (χ4n) is 1.16. The molecule has 0 bridgehead atoms. The van der Waals surface area contributed by atoms with Crippen LogP contribution < -0.4 is 0 Å². The van der Waals surface area contributed by atoms with Crippen molar-refractivity contribution in [1.82, 2.24) is 0 Å².